The van der Waals surface area contributed by atoms with E-state index in [9.17, 15) is 4.79 Å². The van der Waals surface area contributed by atoms with Crippen molar-refractivity contribution in [2.45, 2.75) is 25.3 Å². The van der Waals surface area contributed by atoms with Gasteiger partial charge >= 0.3 is 0 Å². The van der Waals surface area contributed by atoms with Gasteiger partial charge in [-0.15, -0.1) is 6.58 Å². The number of carbonyl (C=O) groups is 1. The summed E-state index contributed by atoms with van der Waals surface area (Å²) in [6.45, 7) is 4.45. The molecule has 0 aliphatic heterocycles. The molecule has 1 aromatic carbocycles. The quantitative estimate of drug-likeness (QED) is 0.380. The molecule has 0 spiro atoms. The van der Waals surface area contributed by atoms with E-state index in [-0.39, 0.29) is 5.91 Å². The first-order chi connectivity index (χ1) is 9.17. The fourth-order valence-electron chi connectivity index (χ4n) is 1.81. The van der Waals surface area contributed by atoms with Crippen LogP contribution in [0.3, 0.4) is 0 Å². The van der Waals surface area contributed by atoms with Crippen LogP contribution in [0.4, 0.5) is 5.69 Å². The number of unbranched alkanes of at least 4 members (excludes halogenated alkanes) is 1. The van der Waals surface area contributed by atoms with Gasteiger partial charge < -0.3 is 16.4 Å². The molecule has 19 heavy (non-hydrogen) atoms. The Balaban J connectivity index is 2.20. The number of nitrogens with two attached hydrogens (primary N) is 1. The second-order valence-corrected chi connectivity index (χ2v) is 4.50. The van der Waals surface area contributed by atoms with Gasteiger partial charge in [-0.3, -0.25) is 4.79 Å². The molecule has 0 fully saturated rings. The maximum absolute atomic E-state index is 11.8. The second-order valence-electron chi connectivity index (χ2n) is 4.50. The number of anilines is 1. The topological polar surface area (TPSA) is 67.2 Å². The highest BCUT2D eigenvalue weighted by Gasteiger charge is 2.04. The van der Waals surface area contributed by atoms with Crippen LogP contribution in [0.5, 0.6) is 0 Å². The third-order valence-electron chi connectivity index (χ3n) is 3.06. The van der Waals surface area contributed by atoms with Crippen molar-refractivity contribution in [2.24, 2.45) is 0 Å². The minimum atomic E-state index is -0.0473. The van der Waals surface area contributed by atoms with Gasteiger partial charge in [-0.25, -0.2) is 0 Å². The fourth-order valence-corrected chi connectivity index (χ4v) is 1.81. The van der Waals surface area contributed by atoms with Crippen LogP contribution in [-0.4, -0.2) is 25.5 Å². The van der Waals surface area contributed by atoms with Crippen molar-refractivity contribution in [3.05, 3.63) is 42.5 Å². The molecule has 1 atom stereocenters. The highest BCUT2D eigenvalue weighted by Crippen LogP contribution is 2.05. The molecule has 0 aliphatic rings. The van der Waals surface area contributed by atoms with Crippen molar-refractivity contribution in [1.82, 2.24) is 10.6 Å². The van der Waals surface area contributed by atoms with Crippen molar-refractivity contribution in [3.63, 3.8) is 0 Å². The first-order valence-electron chi connectivity index (χ1n) is 6.61. The summed E-state index contributed by atoms with van der Waals surface area (Å²) < 4.78 is 0. The number of hydrogen-bond donors (Lipinski definition) is 3. The van der Waals surface area contributed by atoms with Crippen LogP contribution in [-0.2, 0) is 0 Å². The van der Waals surface area contributed by atoms with E-state index in [4.69, 9.17) is 5.73 Å². The van der Waals surface area contributed by atoms with Crippen LogP contribution in [0.1, 0.15) is 29.6 Å². The van der Waals surface area contributed by atoms with Crippen molar-refractivity contribution in [3.8, 4) is 0 Å². The summed E-state index contributed by atoms with van der Waals surface area (Å²) in [5.41, 5.74) is 6.89. The Hall–Kier alpha value is -1.81. The lowest BCUT2D eigenvalue weighted by Gasteiger charge is -2.11. The van der Waals surface area contributed by atoms with Gasteiger partial charge in [0, 0.05) is 23.8 Å². The predicted octanol–water partition coefficient (Wildman–Crippen LogP) is 1.94. The maximum Gasteiger partial charge on any atom is 0.251 e. The van der Waals surface area contributed by atoms with Gasteiger partial charge in [0.25, 0.3) is 5.91 Å². The number of likely N-dealkylation sites (N-methyl/N-ethyl adjacent to an activating group) is 1. The molecule has 0 radical (unpaired) electrons. The van der Waals surface area contributed by atoms with Crippen molar-refractivity contribution in [2.75, 3.05) is 19.3 Å². The zero-order valence-electron chi connectivity index (χ0n) is 11.5. The number of carbonyl (C=O) groups excluding carboxylic acids is 1. The Kier molecular flexibility index (Phi) is 6.68. The normalized spacial score (nSPS) is 11.8. The summed E-state index contributed by atoms with van der Waals surface area (Å²) in [7, 11) is 1.93. The number of amides is 1. The SMILES string of the molecule is C=CC(CCCCNC(=O)c1ccc(N)cc1)NC. The molecule has 0 bridgehead atoms. The molecular formula is C15H23N3O. The first kappa shape index (κ1) is 15.2. The standard InChI is InChI=1S/C15H23N3O/c1-3-14(17-2)6-4-5-11-18-15(19)12-7-9-13(16)10-8-12/h3,7-10,14,17H,1,4-6,11,16H2,2H3,(H,18,19). The van der Waals surface area contributed by atoms with Crippen LogP contribution in [0.25, 0.3) is 0 Å². The fraction of sp³-hybridized carbons (Fsp3) is 0.400. The van der Waals surface area contributed by atoms with Gasteiger partial charge in [0.1, 0.15) is 0 Å². The molecule has 0 aliphatic carbocycles. The molecule has 4 heteroatoms. The van der Waals surface area contributed by atoms with Crippen molar-refractivity contribution >= 4 is 11.6 Å². The summed E-state index contributed by atoms with van der Waals surface area (Å²) in [6, 6.07) is 7.29. The lowest BCUT2D eigenvalue weighted by atomic mass is 10.1. The summed E-state index contributed by atoms with van der Waals surface area (Å²) in [5, 5.41) is 6.07. The van der Waals surface area contributed by atoms with E-state index < -0.39 is 0 Å². The van der Waals surface area contributed by atoms with E-state index in [2.05, 4.69) is 17.2 Å². The molecule has 4 N–H and O–H groups in total. The van der Waals surface area contributed by atoms with Crippen LogP contribution in [0, 0.1) is 0 Å². The molecule has 0 aromatic heterocycles. The molecular weight excluding hydrogens is 238 g/mol. The summed E-state index contributed by atoms with van der Waals surface area (Å²) in [6.07, 6.45) is 4.97. The summed E-state index contributed by atoms with van der Waals surface area (Å²) in [5.74, 6) is -0.0473. The average Bonchev–Trinajstić information content (AvgIpc) is 2.43. The molecule has 1 unspecified atom stereocenters. The number of rotatable bonds is 8. The van der Waals surface area contributed by atoms with Gasteiger partial charge in [0.2, 0.25) is 0 Å². The monoisotopic (exact) mass is 261 g/mol. The Bertz CT molecular complexity index is 400. The second kappa shape index (κ2) is 8.32. The molecule has 4 nitrogen and oxygen atoms in total. The molecule has 104 valence electrons. The average molecular weight is 261 g/mol. The van der Waals surface area contributed by atoms with Crippen LogP contribution in [0.15, 0.2) is 36.9 Å². The van der Waals surface area contributed by atoms with E-state index in [1.807, 2.05) is 13.1 Å². The van der Waals surface area contributed by atoms with Crippen LogP contribution >= 0.6 is 0 Å². The number of nitrogen functional groups attached to an aromatic ring is 1. The van der Waals surface area contributed by atoms with Gasteiger partial charge in [-0.2, -0.15) is 0 Å². The highest BCUT2D eigenvalue weighted by atomic mass is 16.1. The Labute approximate surface area is 115 Å². The predicted molar refractivity (Wildman–Crippen MR) is 80.1 cm³/mol. The lowest BCUT2D eigenvalue weighted by molar-refractivity contribution is 0.0953. The van der Waals surface area contributed by atoms with E-state index >= 15 is 0 Å². The smallest absolute Gasteiger partial charge is 0.251 e. The van der Waals surface area contributed by atoms with Crippen LogP contribution in [0.2, 0.25) is 0 Å². The third-order valence-corrected chi connectivity index (χ3v) is 3.06. The minimum Gasteiger partial charge on any atom is -0.399 e. The summed E-state index contributed by atoms with van der Waals surface area (Å²) >= 11 is 0. The first-order valence-corrected chi connectivity index (χ1v) is 6.61. The zero-order chi connectivity index (χ0) is 14.1. The third kappa shape index (κ3) is 5.57. The number of hydrogen-bond acceptors (Lipinski definition) is 3. The van der Waals surface area contributed by atoms with Crippen molar-refractivity contribution < 1.29 is 4.79 Å². The van der Waals surface area contributed by atoms with E-state index in [1.54, 1.807) is 24.3 Å². The van der Waals surface area contributed by atoms with Crippen LogP contribution < -0.4 is 16.4 Å². The molecule has 0 heterocycles. The van der Waals surface area contributed by atoms with E-state index in [0.29, 0.717) is 23.8 Å². The largest absolute Gasteiger partial charge is 0.399 e. The number of nitrogens with one attached hydrogen (secondary N) is 2. The Morgan fingerprint density at radius 2 is 2.05 bits per heavy atom. The maximum atomic E-state index is 11.8. The highest BCUT2D eigenvalue weighted by molar-refractivity contribution is 5.94. The molecule has 1 amide bonds. The molecule has 0 saturated carbocycles. The van der Waals surface area contributed by atoms with E-state index in [0.717, 1.165) is 19.3 Å². The molecule has 0 saturated heterocycles. The summed E-state index contributed by atoms with van der Waals surface area (Å²) in [4.78, 5) is 11.8. The van der Waals surface area contributed by atoms with E-state index in [1.165, 1.54) is 0 Å². The van der Waals surface area contributed by atoms with Gasteiger partial charge in [-0.1, -0.05) is 6.08 Å². The van der Waals surface area contributed by atoms with Gasteiger partial charge in [0.15, 0.2) is 0 Å². The Morgan fingerprint density at radius 3 is 2.63 bits per heavy atom. The van der Waals surface area contributed by atoms with Crippen molar-refractivity contribution in [1.29, 1.82) is 0 Å². The van der Waals surface area contributed by atoms with Gasteiger partial charge in [0.05, 0.1) is 0 Å². The Morgan fingerprint density at radius 1 is 1.37 bits per heavy atom. The van der Waals surface area contributed by atoms with Gasteiger partial charge in [-0.05, 0) is 50.6 Å². The molecule has 1 aromatic rings. The zero-order valence-corrected chi connectivity index (χ0v) is 11.5. The lowest BCUT2D eigenvalue weighted by Crippen LogP contribution is -2.25. The molecule has 1 rings (SSSR count). The minimum absolute atomic E-state index is 0.0473. The number of benzene rings is 1.